The molecule has 1 aliphatic heterocycles. The van der Waals surface area contributed by atoms with Gasteiger partial charge in [-0.2, -0.15) is 0 Å². The molecule has 30 heavy (non-hydrogen) atoms. The van der Waals surface area contributed by atoms with Gasteiger partial charge in [0.25, 0.3) is 5.91 Å². The van der Waals surface area contributed by atoms with Crippen LogP contribution in [-0.2, 0) is 4.79 Å². The minimum atomic E-state index is -0.0892. The predicted molar refractivity (Wildman–Crippen MR) is 123 cm³/mol. The Hall–Kier alpha value is -3.37. The largest absolute Gasteiger partial charge is 0.491 e. The number of carbonyl (C=O) groups excluding carboxylic acids is 1. The van der Waals surface area contributed by atoms with E-state index in [0.717, 1.165) is 28.6 Å². The maximum atomic E-state index is 12.8. The van der Waals surface area contributed by atoms with Gasteiger partial charge in [0.2, 0.25) is 0 Å². The van der Waals surface area contributed by atoms with E-state index in [9.17, 15) is 4.79 Å². The van der Waals surface area contributed by atoms with E-state index in [-0.39, 0.29) is 5.91 Å². The molecule has 2 aromatic carbocycles. The number of ether oxygens (including phenoxy) is 1. The van der Waals surface area contributed by atoms with Crippen molar-refractivity contribution in [2.24, 2.45) is 0 Å². The Kier molecular flexibility index (Phi) is 5.96. The molecule has 4 rings (SSSR count). The maximum absolute atomic E-state index is 12.8. The van der Waals surface area contributed by atoms with Crippen molar-refractivity contribution in [2.75, 3.05) is 28.7 Å². The summed E-state index contributed by atoms with van der Waals surface area (Å²) in [6.07, 6.45) is 11.1. The molecule has 7 heteroatoms. The fourth-order valence-corrected chi connectivity index (χ4v) is 3.50. The van der Waals surface area contributed by atoms with Crippen molar-refractivity contribution in [2.45, 2.75) is 6.42 Å². The zero-order chi connectivity index (χ0) is 20.9. The zero-order valence-corrected chi connectivity index (χ0v) is 17.7. The lowest BCUT2D eigenvalue weighted by atomic mass is 10.1. The number of hydrogen-bond acceptors (Lipinski definition) is 5. The number of allylic oxidation sites excluding steroid dienone is 1. The van der Waals surface area contributed by atoms with Gasteiger partial charge in [-0.1, -0.05) is 34.0 Å². The van der Waals surface area contributed by atoms with Crippen LogP contribution in [-0.4, -0.2) is 34.4 Å². The minimum Gasteiger partial charge on any atom is -0.491 e. The van der Waals surface area contributed by atoms with Crippen LogP contribution in [0.2, 0.25) is 0 Å². The molecule has 0 unspecified atom stereocenters. The average Bonchev–Trinajstić information content (AvgIpc) is 2.98. The summed E-state index contributed by atoms with van der Waals surface area (Å²) in [4.78, 5) is 23.3. The van der Waals surface area contributed by atoms with Crippen LogP contribution in [0.3, 0.4) is 0 Å². The molecule has 0 radical (unpaired) electrons. The van der Waals surface area contributed by atoms with Gasteiger partial charge in [-0.3, -0.25) is 4.79 Å². The standard InChI is InChI=1S/C23H19BrN4O2/c1-2-16-6-3-7-17(12-16)27-23-18-13-20-21(14-19(18)25-15-26-23)30-11-5-10-28(20)22(29)8-4-9-24/h1,3-4,6-8,12-15H,5,9-11H2,(H,25,26,27)/b8-4+. The maximum Gasteiger partial charge on any atom is 0.250 e. The number of carbonyl (C=O) groups is 1. The van der Waals surface area contributed by atoms with Crippen molar-refractivity contribution in [1.82, 2.24) is 9.97 Å². The number of nitrogens with one attached hydrogen (secondary N) is 1. The van der Waals surface area contributed by atoms with Gasteiger partial charge in [-0.05, 0) is 30.7 Å². The zero-order valence-electron chi connectivity index (χ0n) is 16.1. The van der Waals surface area contributed by atoms with E-state index in [1.165, 1.54) is 6.33 Å². The smallest absolute Gasteiger partial charge is 0.250 e. The number of aromatic nitrogens is 2. The Bertz CT molecular complexity index is 1170. The van der Waals surface area contributed by atoms with E-state index in [2.05, 4.69) is 37.1 Å². The van der Waals surface area contributed by atoms with Gasteiger partial charge in [-0.25, -0.2) is 9.97 Å². The van der Waals surface area contributed by atoms with Crippen LogP contribution in [0, 0.1) is 12.3 Å². The summed E-state index contributed by atoms with van der Waals surface area (Å²) in [5.74, 6) is 3.81. The fraction of sp³-hybridized carbons (Fsp3) is 0.174. The molecule has 0 saturated heterocycles. The summed E-state index contributed by atoms with van der Waals surface area (Å²) < 4.78 is 5.90. The highest BCUT2D eigenvalue weighted by molar-refractivity contribution is 9.09. The molecule has 6 nitrogen and oxygen atoms in total. The van der Waals surface area contributed by atoms with Crippen LogP contribution in [0.15, 0.2) is 54.9 Å². The lowest BCUT2D eigenvalue weighted by molar-refractivity contribution is -0.114. The Morgan fingerprint density at radius 2 is 2.23 bits per heavy atom. The van der Waals surface area contributed by atoms with Crippen molar-refractivity contribution in [3.63, 3.8) is 0 Å². The Morgan fingerprint density at radius 3 is 3.07 bits per heavy atom. The number of rotatable bonds is 4. The van der Waals surface area contributed by atoms with Gasteiger partial charge >= 0.3 is 0 Å². The third-order valence-electron chi connectivity index (χ3n) is 4.70. The van der Waals surface area contributed by atoms with E-state index in [4.69, 9.17) is 11.2 Å². The van der Waals surface area contributed by atoms with E-state index in [1.54, 1.807) is 17.1 Å². The first-order valence-electron chi connectivity index (χ1n) is 9.49. The van der Waals surface area contributed by atoms with Crippen molar-refractivity contribution >= 4 is 49.9 Å². The van der Waals surface area contributed by atoms with Crippen molar-refractivity contribution < 1.29 is 9.53 Å². The molecule has 2 heterocycles. The first kappa shape index (κ1) is 19.9. The summed E-state index contributed by atoms with van der Waals surface area (Å²) in [5.41, 5.74) is 3.03. The first-order chi connectivity index (χ1) is 14.7. The molecule has 0 fully saturated rings. The number of anilines is 3. The highest BCUT2D eigenvalue weighted by atomic mass is 79.9. The molecule has 0 spiro atoms. The fourth-order valence-electron chi connectivity index (χ4n) is 3.31. The quantitative estimate of drug-likeness (QED) is 0.353. The van der Waals surface area contributed by atoms with Gasteiger partial charge in [0, 0.05) is 40.7 Å². The van der Waals surface area contributed by atoms with Gasteiger partial charge in [0.05, 0.1) is 17.8 Å². The number of hydrogen-bond donors (Lipinski definition) is 1. The van der Waals surface area contributed by atoms with Crippen molar-refractivity contribution in [1.29, 1.82) is 0 Å². The normalized spacial score (nSPS) is 13.4. The van der Waals surface area contributed by atoms with Gasteiger partial charge < -0.3 is 15.0 Å². The van der Waals surface area contributed by atoms with E-state index >= 15 is 0 Å². The van der Waals surface area contributed by atoms with Gasteiger partial charge in [0.15, 0.2) is 0 Å². The summed E-state index contributed by atoms with van der Waals surface area (Å²) >= 11 is 3.31. The second-order valence-corrected chi connectivity index (χ2v) is 7.31. The van der Waals surface area contributed by atoms with Crippen molar-refractivity contribution in [3.8, 4) is 18.1 Å². The van der Waals surface area contributed by atoms with E-state index in [1.807, 2.05) is 36.4 Å². The van der Waals surface area contributed by atoms with Gasteiger partial charge in [0.1, 0.15) is 17.9 Å². The SMILES string of the molecule is C#Cc1cccc(Nc2ncnc3cc4c(cc23)N(C(=O)/C=C/CBr)CCCO4)c1. The van der Waals surface area contributed by atoms with Crippen LogP contribution in [0.25, 0.3) is 10.9 Å². The molecular weight excluding hydrogens is 444 g/mol. The highest BCUT2D eigenvalue weighted by Crippen LogP contribution is 2.37. The molecule has 1 aromatic heterocycles. The number of fused-ring (bicyclic) bond motifs is 2. The van der Waals surface area contributed by atoms with Crippen molar-refractivity contribution in [3.05, 3.63) is 60.4 Å². The second-order valence-electron chi connectivity index (χ2n) is 6.66. The molecule has 0 saturated carbocycles. The van der Waals surface area contributed by atoms with Gasteiger partial charge in [-0.15, -0.1) is 6.42 Å². The van der Waals surface area contributed by atoms with Crippen LogP contribution < -0.4 is 15.0 Å². The molecule has 1 amide bonds. The third kappa shape index (κ3) is 4.14. The molecule has 1 aliphatic rings. The first-order valence-corrected chi connectivity index (χ1v) is 10.6. The second kappa shape index (κ2) is 8.97. The lowest BCUT2D eigenvalue weighted by Gasteiger charge is -2.21. The number of amides is 1. The average molecular weight is 463 g/mol. The topological polar surface area (TPSA) is 67.4 Å². The lowest BCUT2D eigenvalue weighted by Crippen LogP contribution is -2.29. The van der Waals surface area contributed by atoms with Crippen LogP contribution >= 0.6 is 15.9 Å². The van der Waals surface area contributed by atoms with Crippen LogP contribution in [0.4, 0.5) is 17.2 Å². The summed E-state index contributed by atoms with van der Waals surface area (Å²) in [7, 11) is 0. The molecule has 3 aromatic rings. The summed E-state index contributed by atoms with van der Waals surface area (Å²) in [5, 5.41) is 4.72. The third-order valence-corrected chi connectivity index (χ3v) is 5.07. The molecule has 150 valence electrons. The molecule has 0 aliphatic carbocycles. The minimum absolute atomic E-state index is 0.0892. The number of benzene rings is 2. The molecule has 0 bridgehead atoms. The highest BCUT2D eigenvalue weighted by Gasteiger charge is 2.22. The number of alkyl halides is 1. The van der Waals surface area contributed by atoms with E-state index in [0.29, 0.717) is 35.7 Å². The Labute approximate surface area is 183 Å². The number of nitrogens with zero attached hydrogens (tertiary/aromatic N) is 3. The van der Waals surface area contributed by atoms with Crippen LogP contribution in [0.5, 0.6) is 5.75 Å². The molecular formula is C23H19BrN4O2. The molecule has 1 N–H and O–H groups in total. The summed E-state index contributed by atoms with van der Waals surface area (Å²) in [6.45, 7) is 1.12. The number of terminal acetylenes is 1. The predicted octanol–water partition coefficient (Wildman–Crippen LogP) is 4.42. The van der Waals surface area contributed by atoms with E-state index < -0.39 is 0 Å². The molecule has 0 atom stereocenters. The Morgan fingerprint density at radius 1 is 1.33 bits per heavy atom. The number of halogens is 1. The Balaban J connectivity index is 1.79. The van der Waals surface area contributed by atoms with Crippen LogP contribution in [0.1, 0.15) is 12.0 Å². The monoisotopic (exact) mass is 462 g/mol. The summed E-state index contributed by atoms with van der Waals surface area (Å²) in [6, 6.07) is 11.3.